The lowest BCUT2D eigenvalue weighted by molar-refractivity contribution is -0.123. The van der Waals surface area contributed by atoms with Crippen molar-refractivity contribution in [2.75, 3.05) is 19.5 Å². The van der Waals surface area contributed by atoms with Crippen LogP contribution >= 0.6 is 0 Å². The van der Waals surface area contributed by atoms with E-state index in [1.54, 1.807) is 30.3 Å². The van der Waals surface area contributed by atoms with Gasteiger partial charge in [-0.1, -0.05) is 12.1 Å². The minimum atomic E-state index is -1.05. The summed E-state index contributed by atoms with van der Waals surface area (Å²) in [6.45, 7) is 2.90. The maximum Gasteiger partial charge on any atom is 0.339 e. The molecular weight excluding hydrogens is 350 g/mol. The smallest absolute Gasteiger partial charge is 0.339 e. The summed E-state index contributed by atoms with van der Waals surface area (Å²) in [7, 11) is 2.93. The van der Waals surface area contributed by atoms with Crippen LogP contribution in [0.5, 0.6) is 11.5 Å². The topological polar surface area (TPSA) is 90.9 Å². The SMILES string of the molecule is COc1cc(OC)cc(C(=O)O[C@@H](C)C(=O)Nc2cccc(C(C)=O)c2)c1. The summed E-state index contributed by atoms with van der Waals surface area (Å²) in [5, 5.41) is 2.62. The van der Waals surface area contributed by atoms with Gasteiger partial charge in [0, 0.05) is 17.3 Å². The molecule has 0 aliphatic heterocycles. The third-order valence-electron chi connectivity index (χ3n) is 3.78. The molecule has 2 aromatic rings. The molecule has 0 aliphatic rings. The molecule has 7 heteroatoms. The molecule has 2 aromatic carbocycles. The van der Waals surface area contributed by atoms with Gasteiger partial charge in [-0.2, -0.15) is 0 Å². The zero-order chi connectivity index (χ0) is 20.0. The van der Waals surface area contributed by atoms with E-state index in [-0.39, 0.29) is 11.3 Å². The van der Waals surface area contributed by atoms with Crippen LogP contribution in [-0.4, -0.2) is 38.0 Å². The molecule has 0 aromatic heterocycles. The van der Waals surface area contributed by atoms with E-state index in [1.807, 2.05) is 0 Å². The van der Waals surface area contributed by atoms with Crippen LogP contribution < -0.4 is 14.8 Å². The molecule has 1 N–H and O–H groups in total. The third kappa shape index (κ3) is 5.31. The first-order valence-corrected chi connectivity index (χ1v) is 8.20. The van der Waals surface area contributed by atoms with E-state index in [0.29, 0.717) is 22.7 Å². The number of hydrogen-bond donors (Lipinski definition) is 1. The Morgan fingerprint density at radius 1 is 0.926 bits per heavy atom. The predicted molar refractivity (Wildman–Crippen MR) is 99.5 cm³/mol. The standard InChI is InChI=1S/C20H21NO6/c1-12(22)14-6-5-7-16(8-14)21-19(23)13(2)27-20(24)15-9-17(25-3)11-18(10-15)26-4/h5-11,13H,1-4H3,(H,21,23)/t13-/m0/s1. The maximum atomic E-state index is 12.3. The van der Waals surface area contributed by atoms with Crippen LogP contribution in [0.15, 0.2) is 42.5 Å². The molecule has 2 rings (SSSR count). The molecule has 1 atom stereocenters. The van der Waals surface area contributed by atoms with Crippen molar-refractivity contribution in [2.45, 2.75) is 20.0 Å². The van der Waals surface area contributed by atoms with Crippen LogP contribution in [0.2, 0.25) is 0 Å². The van der Waals surface area contributed by atoms with Gasteiger partial charge in [-0.3, -0.25) is 9.59 Å². The fourth-order valence-electron chi connectivity index (χ4n) is 2.27. The molecule has 0 saturated carbocycles. The van der Waals surface area contributed by atoms with Crippen LogP contribution in [-0.2, 0) is 9.53 Å². The monoisotopic (exact) mass is 371 g/mol. The number of rotatable bonds is 7. The van der Waals surface area contributed by atoms with E-state index in [1.165, 1.54) is 40.2 Å². The second kappa shape index (κ2) is 8.84. The predicted octanol–water partition coefficient (Wildman–Crippen LogP) is 3.09. The second-order valence-corrected chi connectivity index (χ2v) is 5.78. The number of ether oxygens (including phenoxy) is 3. The number of amides is 1. The Labute approximate surface area is 157 Å². The molecule has 0 heterocycles. The van der Waals surface area contributed by atoms with Crippen LogP contribution in [0.4, 0.5) is 5.69 Å². The zero-order valence-corrected chi connectivity index (χ0v) is 15.6. The fourth-order valence-corrected chi connectivity index (χ4v) is 2.27. The van der Waals surface area contributed by atoms with Crippen molar-refractivity contribution in [1.82, 2.24) is 0 Å². The first-order chi connectivity index (χ1) is 12.8. The number of hydrogen-bond acceptors (Lipinski definition) is 6. The van der Waals surface area contributed by atoms with Gasteiger partial charge in [0.05, 0.1) is 19.8 Å². The quantitative estimate of drug-likeness (QED) is 0.594. The highest BCUT2D eigenvalue weighted by Crippen LogP contribution is 2.23. The van der Waals surface area contributed by atoms with Gasteiger partial charge in [0.1, 0.15) is 11.5 Å². The van der Waals surface area contributed by atoms with Crippen molar-refractivity contribution in [3.8, 4) is 11.5 Å². The normalized spacial score (nSPS) is 11.3. The van der Waals surface area contributed by atoms with Gasteiger partial charge in [0.25, 0.3) is 5.91 Å². The zero-order valence-electron chi connectivity index (χ0n) is 15.6. The van der Waals surface area contributed by atoms with Gasteiger partial charge in [-0.05, 0) is 38.1 Å². The summed E-state index contributed by atoms with van der Waals surface area (Å²) in [6, 6.07) is 11.1. The van der Waals surface area contributed by atoms with E-state index in [0.717, 1.165) is 0 Å². The van der Waals surface area contributed by atoms with E-state index >= 15 is 0 Å². The average molecular weight is 371 g/mol. The van der Waals surface area contributed by atoms with Gasteiger partial charge < -0.3 is 19.5 Å². The van der Waals surface area contributed by atoms with Crippen molar-refractivity contribution < 1.29 is 28.6 Å². The third-order valence-corrected chi connectivity index (χ3v) is 3.78. The molecule has 0 unspecified atom stereocenters. The molecule has 27 heavy (non-hydrogen) atoms. The number of nitrogens with one attached hydrogen (secondary N) is 1. The Bertz CT molecular complexity index is 839. The van der Waals surface area contributed by atoms with Crippen molar-refractivity contribution >= 4 is 23.3 Å². The van der Waals surface area contributed by atoms with E-state index in [4.69, 9.17) is 14.2 Å². The van der Waals surface area contributed by atoms with Crippen molar-refractivity contribution in [3.05, 3.63) is 53.6 Å². The highest BCUT2D eigenvalue weighted by Gasteiger charge is 2.20. The Balaban J connectivity index is 2.06. The van der Waals surface area contributed by atoms with Gasteiger partial charge in [-0.15, -0.1) is 0 Å². The number of Topliss-reactive ketones (excluding diaryl/α,β-unsaturated/α-hetero) is 1. The second-order valence-electron chi connectivity index (χ2n) is 5.78. The van der Waals surface area contributed by atoms with E-state index < -0.39 is 18.0 Å². The van der Waals surface area contributed by atoms with Gasteiger partial charge >= 0.3 is 5.97 Å². The average Bonchev–Trinajstić information content (AvgIpc) is 2.67. The lowest BCUT2D eigenvalue weighted by atomic mass is 10.1. The number of esters is 1. The van der Waals surface area contributed by atoms with E-state index in [9.17, 15) is 14.4 Å². The number of anilines is 1. The molecule has 1 amide bonds. The van der Waals surface area contributed by atoms with Gasteiger partial charge in [-0.25, -0.2) is 4.79 Å². The van der Waals surface area contributed by atoms with Crippen molar-refractivity contribution in [2.24, 2.45) is 0 Å². The minimum Gasteiger partial charge on any atom is -0.497 e. The Morgan fingerprint density at radius 2 is 1.56 bits per heavy atom. The number of benzene rings is 2. The highest BCUT2D eigenvalue weighted by atomic mass is 16.5. The summed E-state index contributed by atoms with van der Waals surface area (Å²) in [5.41, 5.74) is 1.11. The Morgan fingerprint density at radius 3 is 2.11 bits per heavy atom. The highest BCUT2D eigenvalue weighted by molar-refractivity contribution is 5.99. The summed E-state index contributed by atoms with van der Waals surface area (Å²) in [5.74, 6) is -0.456. The molecule has 142 valence electrons. The number of carbonyl (C=O) groups is 3. The minimum absolute atomic E-state index is 0.113. The molecule has 0 fully saturated rings. The van der Waals surface area contributed by atoms with Gasteiger partial charge in [0.15, 0.2) is 11.9 Å². The summed E-state index contributed by atoms with van der Waals surface area (Å²) in [4.78, 5) is 36.0. The van der Waals surface area contributed by atoms with E-state index in [2.05, 4.69) is 5.32 Å². The largest absolute Gasteiger partial charge is 0.497 e. The molecule has 0 aliphatic carbocycles. The fraction of sp³-hybridized carbons (Fsp3) is 0.250. The molecule has 7 nitrogen and oxygen atoms in total. The summed E-state index contributed by atoms with van der Waals surface area (Å²) < 4.78 is 15.4. The Kier molecular flexibility index (Phi) is 6.54. The molecule has 0 bridgehead atoms. The maximum absolute atomic E-state index is 12.3. The number of methoxy groups -OCH3 is 2. The number of ketones is 1. The van der Waals surface area contributed by atoms with Crippen LogP contribution in [0.3, 0.4) is 0 Å². The van der Waals surface area contributed by atoms with Crippen molar-refractivity contribution in [3.63, 3.8) is 0 Å². The molecular formula is C20H21NO6. The first kappa shape index (κ1) is 20.0. The first-order valence-electron chi connectivity index (χ1n) is 8.20. The molecule has 0 spiro atoms. The van der Waals surface area contributed by atoms with Crippen LogP contribution in [0.1, 0.15) is 34.6 Å². The summed E-state index contributed by atoms with van der Waals surface area (Å²) >= 11 is 0. The van der Waals surface area contributed by atoms with Crippen molar-refractivity contribution in [1.29, 1.82) is 0 Å². The summed E-state index contributed by atoms with van der Waals surface area (Å²) in [6.07, 6.45) is -1.05. The molecule has 0 radical (unpaired) electrons. The lowest BCUT2D eigenvalue weighted by Gasteiger charge is -2.14. The molecule has 0 saturated heterocycles. The van der Waals surface area contributed by atoms with Crippen LogP contribution in [0, 0.1) is 0 Å². The number of carbonyl (C=O) groups excluding carboxylic acids is 3. The Hall–Kier alpha value is -3.35. The van der Waals surface area contributed by atoms with Crippen LogP contribution in [0.25, 0.3) is 0 Å². The lowest BCUT2D eigenvalue weighted by Crippen LogP contribution is -2.30. The van der Waals surface area contributed by atoms with Gasteiger partial charge in [0.2, 0.25) is 0 Å².